The van der Waals surface area contributed by atoms with E-state index < -0.39 is 0 Å². The Kier molecular flexibility index (Phi) is 5.42. The second-order valence-electron chi connectivity index (χ2n) is 5.70. The highest BCUT2D eigenvalue weighted by Crippen LogP contribution is 2.22. The molecule has 4 nitrogen and oxygen atoms in total. The molecule has 1 amide bonds. The molecule has 0 spiro atoms. The number of ether oxygens (including phenoxy) is 1. The predicted octanol–water partition coefficient (Wildman–Crippen LogP) is 3.62. The van der Waals surface area contributed by atoms with Gasteiger partial charge in [0, 0.05) is 24.5 Å². The van der Waals surface area contributed by atoms with Crippen LogP contribution in [0, 0.1) is 0 Å². The number of nitrogens with zero attached hydrogens (tertiary/aromatic N) is 1. The highest BCUT2D eigenvalue weighted by atomic mass is 16.5. The summed E-state index contributed by atoms with van der Waals surface area (Å²) in [6.07, 6.45) is 3.93. The summed E-state index contributed by atoms with van der Waals surface area (Å²) in [5.74, 6) is 0.778. The van der Waals surface area contributed by atoms with Crippen molar-refractivity contribution in [2.75, 3.05) is 7.11 Å². The van der Waals surface area contributed by atoms with Gasteiger partial charge in [-0.3, -0.25) is 9.78 Å². The van der Waals surface area contributed by atoms with E-state index in [0.717, 1.165) is 28.0 Å². The molecular formula is C21H20N2O2. The Hall–Kier alpha value is -3.14. The molecular weight excluding hydrogens is 312 g/mol. The normalized spacial score (nSPS) is 10.3. The summed E-state index contributed by atoms with van der Waals surface area (Å²) in [6.45, 7) is 0.486. The monoisotopic (exact) mass is 332 g/mol. The number of carbonyl (C=O) groups is 1. The molecule has 0 fully saturated rings. The van der Waals surface area contributed by atoms with Gasteiger partial charge >= 0.3 is 0 Å². The van der Waals surface area contributed by atoms with Crippen LogP contribution in [0.3, 0.4) is 0 Å². The highest BCUT2D eigenvalue weighted by Gasteiger charge is 2.07. The number of carbonyl (C=O) groups excluding carboxylic acids is 1. The van der Waals surface area contributed by atoms with Crippen molar-refractivity contribution in [2.45, 2.75) is 13.0 Å². The molecule has 0 bridgehead atoms. The second-order valence-corrected chi connectivity index (χ2v) is 5.70. The van der Waals surface area contributed by atoms with Crippen molar-refractivity contribution in [3.63, 3.8) is 0 Å². The zero-order valence-electron chi connectivity index (χ0n) is 14.1. The number of aromatic nitrogens is 1. The van der Waals surface area contributed by atoms with Crippen LogP contribution in [0.5, 0.6) is 5.75 Å². The first-order valence-electron chi connectivity index (χ1n) is 8.14. The third-order valence-electron chi connectivity index (χ3n) is 3.99. The number of pyridine rings is 1. The fraction of sp³-hybridized carbons (Fsp3) is 0.143. The fourth-order valence-electron chi connectivity index (χ4n) is 2.66. The summed E-state index contributed by atoms with van der Waals surface area (Å²) >= 11 is 0. The average molecular weight is 332 g/mol. The lowest BCUT2D eigenvalue weighted by atomic mass is 10.0. The lowest BCUT2D eigenvalue weighted by molar-refractivity contribution is -0.120. The summed E-state index contributed by atoms with van der Waals surface area (Å²) in [7, 11) is 1.63. The summed E-state index contributed by atoms with van der Waals surface area (Å²) in [5.41, 5.74) is 4.15. The molecule has 4 heteroatoms. The van der Waals surface area contributed by atoms with Crippen LogP contribution < -0.4 is 10.1 Å². The van der Waals surface area contributed by atoms with E-state index in [9.17, 15) is 4.79 Å². The lowest BCUT2D eigenvalue weighted by Crippen LogP contribution is -2.24. The van der Waals surface area contributed by atoms with Crippen LogP contribution in [-0.2, 0) is 17.8 Å². The minimum Gasteiger partial charge on any atom is -0.497 e. The Morgan fingerprint density at radius 1 is 1.04 bits per heavy atom. The Bertz CT molecular complexity index is 830. The lowest BCUT2D eigenvalue weighted by Gasteiger charge is -2.11. The Morgan fingerprint density at radius 3 is 2.56 bits per heavy atom. The van der Waals surface area contributed by atoms with Gasteiger partial charge in [0.05, 0.1) is 13.5 Å². The van der Waals surface area contributed by atoms with E-state index in [1.54, 1.807) is 13.3 Å². The molecule has 126 valence electrons. The zero-order valence-corrected chi connectivity index (χ0v) is 14.1. The van der Waals surface area contributed by atoms with Gasteiger partial charge in [0.25, 0.3) is 0 Å². The fourth-order valence-corrected chi connectivity index (χ4v) is 2.66. The van der Waals surface area contributed by atoms with E-state index in [0.29, 0.717) is 13.0 Å². The van der Waals surface area contributed by atoms with E-state index in [-0.39, 0.29) is 5.91 Å². The first-order valence-corrected chi connectivity index (χ1v) is 8.14. The number of benzene rings is 2. The molecule has 1 aromatic heterocycles. The minimum absolute atomic E-state index is 0.00819. The quantitative estimate of drug-likeness (QED) is 0.750. The van der Waals surface area contributed by atoms with Crippen molar-refractivity contribution in [1.82, 2.24) is 10.3 Å². The maximum absolute atomic E-state index is 12.2. The molecule has 2 aromatic carbocycles. The molecule has 0 saturated heterocycles. The topological polar surface area (TPSA) is 51.2 Å². The van der Waals surface area contributed by atoms with E-state index in [1.807, 2.05) is 66.9 Å². The van der Waals surface area contributed by atoms with Crippen LogP contribution in [-0.4, -0.2) is 18.0 Å². The van der Waals surface area contributed by atoms with E-state index in [2.05, 4.69) is 10.3 Å². The van der Waals surface area contributed by atoms with Crippen molar-refractivity contribution in [3.8, 4) is 16.9 Å². The molecule has 25 heavy (non-hydrogen) atoms. The Balaban J connectivity index is 1.64. The van der Waals surface area contributed by atoms with Crippen LogP contribution in [0.2, 0.25) is 0 Å². The minimum atomic E-state index is -0.00819. The standard InChI is InChI=1S/C21H20N2O2/c1-25-19-10-8-16(9-11-19)13-21(24)23-15-18-5-2-3-7-20(18)17-6-4-12-22-14-17/h2-12,14H,13,15H2,1H3,(H,23,24). The number of hydrogen-bond acceptors (Lipinski definition) is 3. The van der Waals surface area contributed by atoms with Crippen molar-refractivity contribution in [3.05, 3.63) is 84.2 Å². The van der Waals surface area contributed by atoms with Gasteiger partial charge in [-0.1, -0.05) is 42.5 Å². The number of methoxy groups -OCH3 is 1. The number of rotatable bonds is 6. The van der Waals surface area contributed by atoms with Gasteiger partial charge in [0.2, 0.25) is 5.91 Å². The Morgan fingerprint density at radius 2 is 1.84 bits per heavy atom. The van der Waals surface area contributed by atoms with Gasteiger partial charge in [0.1, 0.15) is 5.75 Å². The van der Waals surface area contributed by atoms with E-state index in [4.69, 9.17) is 4.74 Å². The molecule has 0 aliphatic carbocycles. The summed E-state index contributed by atoms with van der Waals surface area (Å²) in [4.78, 5) is 16.4. The molecule has 0 unspecified atom stereocenters. The molecule has 1 heterocycles. The molecule has 1 N–H and O–H groups in total. The highest BCUT2D eigenvalue weighted by molar-refractivity contribution is 5.79. The molecule has 0 aliphatic heterocycles. The summed E-state index contributed by atoms with van der Waals surface area (Å²) in [5, 5.41) is 3.00. The van der Waals surface area contributed by atoms with Gasteiger partial charge < -0.3 is 10.1 Å². The maximum Gasteiger partial charge on any atom is 0.224 e. The third kappa shape index (κ3) is 4.44. The molecule has 0 radical (unpaired) electrons. The van der Waals surface area contributed by atoms with Crippen molar-refractivity contribution in [1.29, 1.82) is 0 Å². The van der Waals surface area contributed by atoms with Crippen molar-refractivity contribution >= 4 is 5.91 Å². The average Bonchev–Trinajstić information content (AvgIpc) is 2.68. The molecule has 0 saturated carbocycles. The zero-order chi connectivity index (χ0) is 17.5. The summed E-state index contributed by atoms with van der Waals surface area (Å²) < 4.78 is 5.13. The van der Waals surface area contributed by atoms with Crippen LogP contribution in [0.1, 0.15) is 11.1 Å². The number of nitrogens with one attached hydrogen (secondary N) is 1. The number of hydrogen-bond donors (Lipinski definition) is 1. The Labute approximate surface area is 147 Å². The number of amides is 1. The van der Waals surface area contributed by atoms with Crippen molar-refractivity contribution in [2.24, 2.45) is 0 Å². The molecule has 0 atom stereocenters. The van der Waals surface area contributed by atoms with Gasteiger partial charge in [-0.15, -0.1) is 0 Å². The largest absolute Gasteiger partial charge is 0.497 e. The van der Waals surface area contributed by atoms with Crippen LogP contribution in [0.4, 0.5) is 0 Å². The smallest absolute Gasteiger partial charge is 0.224 e. The SMILES string of the molecule is COc1ccc(CC(=O)NCc2ccccc2-c2cccnc2)cc1. The first kappa shape index (κ1) is 16.7. The van der Waals surface area contributed by atoms with Crippen LogP contribution in [0.15, 0.2) is 73.1 Å². The van der Waals surface area contributed by atoms with E-state index >= 15 is 0 Å². The van der Waals surface area contributed by atoms with Gasteiger partial charge in [-0.05, 0) is 34.9 Å². The van der Waals surface area contributed by atoms with Crippen molar-refractivity contribution < 1.29 is 9.53 Å². The van der Waals surface area contributed by atoms with Crippen LogP contribution in [0.25, 0.3) is 11.1 Å². The molecule has 0 aliphatic rings. The first-order chi connectivity index (χ1) is 12.3. The van der Waals surface area contributed by atoms with Gasteiger partial charge in [-0.2, -0.15) is 0 Å². The molecule has 3 rings (SSSR count). The van der Waals surface area contributed by atoms with E-state index in [1.165, 1.54) is 0 Å². The third-order valence-corrected chi connectivity index (χ3v) is 3.99. The summed E-state index contributed by atoms with van der Waals surface area (Å²) in [6, 6.07) is 19.5. The van der Waals surface area contributed by atoms with Gasteiger partial charge in [0.15, 0.2) is 0 Å². The second kappa shape index (κ2) is 8.11. The van der Waals surface area contributed by atoms with Gasteiger partial charge in [-0.25, -0.2) is 0 Å². The maximum atomic E-state index is 12.2. The molecule has 3 aromatic rings. The van der Waals surface area contributed by atoms with Crippen LogP contribution >= 0.6 is 0 Å². The predicted molar refractivity (Wildman–Crippen MR) is 98.2 cm³/mol.